The first-order valence-corrected chi connectivity index (χ1v) is 5.85. The molecule has 20 heavy (non-hydrogen) atoms. The zero-order chi connectivity index (χ0) is 15.1. The molecule has 1 aliphatic heterocycles. The fraction of sp³-hybridized carbons (Fsp3) is 0.455. The van der Waals surface area contributed by atoms with E-state index < -0.39 is 47.0 Å². The van der Waals surface area contributed by atoms with Crippen LogP contribution in [0.4, 0.5) is 4.39 Å². The molecule has 4 atom stereocenters. The van der Waals surface area contributed by atoms with Crippen molar-refractivity contribution >= 4 is 11.6 Å². The molecular weight excluding hydrogens is 295 g/mol. The normalized spacial score (nSPS) is 33.0. The topological polar surface area (TPSA) is 105 Å². The molecule has 0 amide bonds. The number of aliphatic hydroxyl groups excluding tert-OH is 2. The number of nitrogens with one attached hydrogen (secondary N) is 1. The van der Waals surface area contributed by atoms with Crippen molar-refractivity contribution in [2.75, 3.05) is 6.61 Å². The molecule has 3 N–H and O–H groups in total. The lowest BCUT2D eigenvalue weighted by molar-refractivity contribution is -0.0467. The van der Waals surface area contributed by atoms with E-state index in [2.05, 4.69) is 5.92 Å². The summed E-state index contributed by atoms with van der Waals surface area (Å²) >= 11 is 6.05. The summed E-state index contributed by atoms with van der Waals surface area (Å²) in [5, 5.41) is 19.0. The Bertz CT molecular complexity index is 681. The van der Waals surface area contributed by atoms with Crippen LogP contribution in [-0.2, 0) is 4.74 Å². The summed E-state index contributed by atoms with van der Waals surface area (Å²) in [4.78, 5) is 22.5. The second kappa shape index (κ2) is 5.03. The van der Waals surface area contributed by atoms with Gasteiger partial charge in [-0.1, -0.05) is 17.5 Å². The van der Waals surface area contributed by atoms with Crippen LogP contribution >= 0.6 is 11.6 Å². The van der Waals surface area contributed by atoms with Gasteiger partial charge in [0.25, 0.3) is 5.56 Å². The lowest BCUT2D eigenvalue weighted by atomic mass is 9.99. The van der Waals surface area contributed by atoms with Gasteiger partial charge in [0, 0.05) is 0 Å². The standard InChI is InChI=1S/C11H10ClFN2O5/c1-2-11(12)7(17)6(4-16)20-9(11)15-3-5(13)8(18)14-10(15)19/h1,3,6-7,9,16-17H,4H2,(H,14,18,19)/t6-,7?,9-,11?/m1/s1. The predicted molar refractivity (Wildman–Crippen MR) is 65.7 cm³/mol. The van der Waals surface area contributed by atoms with Gasteiger partial charge in [0.2, 0.25) is 5.82 Å². The van der Waals surface area contributed by atoms with Gasteiger partial charge < -0.3 is 14.9 Å². The fourth-order valence-electron chi connectivity index (χ4n) is 1.96. The van der Waals surface area contributed by atoms with Crippen LogP contribution in [0.1, 0.15) is 6.23 Å². The minimum atomic E-state index is -1.89. The van der Waals surface area contributed by atoms with Crippen LogP contribution in [-0.4, -0.2) is 43.5 Å². The molecule has 0 aliphatic carbocycles. The van der Waals surface area contributed by atoms with Crippen molar-refractivity contribution in [3.05, 3.63) is 32.9 Å². The number of terminal acetylenes is 1. The van der Waals surface area contributed by atoms with E-state index in [1.807, 2.05) is 0 Å². The Morgan fingerprint density at radius 2 is 2.30 bits per heavy atom. The van der Waals surface area contributed by atoms with Gasteiger partial charge in [-0.3, -0.25) is 14.3 Å². The molecule has 2 unspecified atom stereocenters. The van der Waals surface area contributed by atoms with E-state index in [1.54, 1.807) is 4.98 Å². The molecule has 0 radical (unpaired) electrons. The third-order valence-electron chi connectivity index (χ3n) is 3.02. The number of alkyl halides is 1. The summed E-state index contributed by atoms with van der Waals surface area (Å²) in [7, 11) is 0. The monoisotopic (exact) mass is 304 g/mol. The minimum absolute atomic E-state index is 0.576. The lowest BCUT2D eigenvalue weighted by Crippen LogP contribution is -2.44. The van der Waals surface area contributed by atoms with E-state index in [0.717, 1.165) is 0 Å². The van der Waals surface area contributed by atoms with Gasteiger partial charge in [0.05, 0.1) is 12.8 Å². The first-order chi connectivity index (χ1) is 9.35. The average molecular weight is 305 g/mol. The minimum Gasteiger partial charge on any atom is -0.394 e. The van der Waals surface area contributed by atoms with Gasteiger partial charge >= 0.3 is 5.69 Å². The number of ether oxygens (including phenoxy) is 1. The van der Waals surface area contributed by atoms with E-state index in [1.165, 1.54) is 0 Å². The molecule has 1 fully saturated rings. The highest BCUT2D eigenvalue weighted by atomic mass is 35.5. The number of aliphatic hydroxyl groups is 2. The van der Waals surface area contributed by atoms with E-state index in [9.17, 15) is 19.1 Å². The van der Waals surface area contributed by atoms with E-state index in [0.29, 0.717) is 10.8 Å². The number of aromatic nitrogens is 2. The number of aromatic amines is 1. The molecule has 1 aliphatic rings. The maximum absolute atomic E-state index is 13.3. The van der Waals surface area contributed by atoms with Gasteiger partial charge in [0.15, 0.2) is 11.1 Å². The highest BCUT2D eigenvalue weighted by molar-refractivity contribution is 6.27. The van der Waals surface area contributed by atoms with Gasteiger partial charge in [-0.25, -0.2) is 4.79 Å². The van der Waals surface area contributed by atoms with Crippen LogP contribution in [0.25, 0.3) is 0 Å². The third-order valence-corrected chi connectivity index (χ3v) is 3.54. The fourth-order valence-corrected chi connectivity index (χ4v) is 2.26. The largest absolute Gasteiger partial charge is 0.394 e. The van der Waals surface area contributed by atoms with Crippen molar-refractivity contribution < 1.29 is 19.3 Å². The first-order valence-electron chi connectivity index (χ1n) is 5.47. The van der Waals surface area contributed by atoms with E-state index >= 15 is 0 Å². The summed E-state index contributed by atoms with van der Waals surface area (Å²) in [6.45, 7) is -0.603. The molecule has 7 nitrogen and oxygen atoms in total. The summed E-state index contributed by atoms with van der Waals surface area (Å²) in [6, 6.07) is 0. The number of halogens is 2. The summed E-state index contributed by atoms with van der Waals surface area (Å²) < 4.78 is 19.1. The Morgan fingerprint density at radius 3 is 2.85 bits per heavy atom. The zero-order valence-corrected chi connectivity index (χ0v) is 10.7. The van der Waals surface area contributed by atoms with E-state index in [4.69, 9.17) is 27.9 Å². The SMILES string of the molecule is C#CC1(Cl)C(O)[C@@H](CO)O[C@H]1n1cc(F)c(=O)[nH]c1=O. The van der Waals surface area contributed by atoms with Crippen molar-refractivity contribution in [1.29, 1.82) is 0 Å². The maximum Gasteiger partial charge on any atom is 0.330 e. The number of hydrogen-bond acceptors (Lipinski definition) is 5. The van der Waals surface area contributed by atoms with Crippen molar-refractivity contribution in [2.45, 2.75) is 23.3 Å². The molecule has 0 spiro atoms. The highest BCUT2D eigenvalue weighted by Crippen LogP contribution is 2.42. The van der Waals surface area contributed by atoms with Crippen molar-refractivity contribution in [1.82, 2.24) is 9.55 Å². The molecule has 2 rings (SSSR count). The van der Waals surface area contributed by atoms with Crippen LogP contribution < -0.4 is 11.2 Å². The zero-order valence-electron chi connectivity index (χ0n) is 9.92. The Morgan fingerprint density at radius 1 is 1.65 bits per heavy atom. The second-order valence-electron chi connectivity index (χ2n) is 4.21. The van der Waals surface area contributed by atoms with Crippen LogP contribution in [0.5, 0.6) is 0 Å². The van der Waals surface area contributed by atoms with Crippen LogP contribution in [0.3, 0.4) is 0 Å². The van der Waals surface area contributed by atoms with Gasteiger partial charge in [-0.2, -0.15) is 4.39 Å². The lowest BCUT2D eigenvalue weighted by Gasteiger charge is -2.25. The van der Waals surface area contributed by atoms with Crippen molar-refractivity contribution in [2.24, 2.45) is 0 Å². The molecule has 1 saturated heterocycles. The van der Waals surface area contributed by atoms with Crippen molar-refractivity contribution in [3.63, 3.8) is 0 Å². The third kappa shape index (κ3) is 2.05. The summed E-state index contributed by atoms with van der Waals surface area (Å²) in [5.41, 5.74) is -2.21. The summed E-state index contributed by atoms with van der Waals surface area (Å²) in [5.74, 6) is 0.825. The maximum atomic E-state index is 13.3. The molecule has 1 aromatic heterocycles. The Balaban J connectivity index is 2.58. The number of H-pyrrole nitrogens is 1. The molecule has 0 saturated carbocycles. The summed E-state index contributed by atoms with van der Waals surface area (Å²) in [6.07, 6.45) is 1.74. The highest BCUT2D eigenvalue weighted by Gasteiger charge is 2.55. The van der Waals surface area contributed by atoms with Gasteiger partial charge in [0.1, 0.15) is 12.2 Å². The number of nitrogens with zero attached hydrogens (tertiary/aromatic N) is 1. The first kappa shape index (κ1) is 14.7. The molecule has 1 aromatic rings. The predicted octanol–water partition coefficient (Wildman–Crippen LogP) is -1.46. The van der Waals surface area contributed by atoms with Gasteiger partial charge in [-0.15, -0.1) is 6.42 Å². The van der Waals surface area contributed by atoms with Crippen LogP contribution in [0, 0.1) is 18.2 Å². The van der Waals surface area contributed by atoms with Crippen LogP contribution in [0.15, 0.2) is 15.8 Å². The van der Waals surface area contributed by atoms with Crippen molar-refractivity contribution in [3.8, 4) is 12.3 Å². The van der Waals surface area contributed by atoms with Crippen LogP contribution in [0.2, 0.25) is 0 Å². The Hall–Kier alpha value is -1.66. The molecule has 2 heterocycles. The Kier molecular flexibility index (Phi) is 3.71. The molecule has 0 aromatic carbocycles. The van der Waals surface area contributed by atoms with Gasteiger partial charge in [-0.05, 0) is 0 Å². The molecule has 0 bridgehead atoms. The molecular formula is C11H10ClFN2O5. The number of hydrogen-bond donors (Lipinski definition) is 3. The van der Waals surface area contributed by atoms with E-state index in [-0.39, 0.29) is 0 Å². The molecule has 9 heteroatoms. The molecule has 108 valence electrons. The quantitative estimate of drug-likeness (QED) is 0.457. The smallest absolute Gasteiger partial charge is 0.330 e. The Labute approximate surface area is 116 Å². The second-order valence-corrected chi connectivity index (χ2v) is 4.84. The number of rotatable bonds is 2. The average Bonchev–Trinajstić information content (AvgIpc) is 2.67.